The van der Waals surface area contributed by atoms with E-state index in [1.165, 1.54) is 44.2 Å². The number of benzene rings is 10. The number of hydrogen-bond acceptors (Lipinski definition) is 2. The Labute approximate surface area is 349 Å². The lowest BCUT2D eigenvalue weighted by Crippen LogP contribution is -2.11. The minimum absolute atomic E-state index is 0.853. The van der Waals surface area contributed by atoms with E-state index in [-0.39, 0.29) is 0 Å². The third kappa shape index (κ3) is 6.51. The molecule has 10 aromatic carbocycles. The summed E-state index contributed by atoms with van der Waals surface area (Å²) in [4.78, 5) is 2.39. The van der Waals surface area contributed by atoms with E-state index in [0.717, 1.165) is 61.3 Å². The highest BCUT2D eigenvalue weighted by molar-refractivity contribution is 6.14. The maximum atomic E-state index is 6.66. The van der Waals surface area contributed by atoms with E-state index in [9.17, 15) is 0 Å². The number of rotatable bonds is 8. The van der Waals surface area contributed by atoms with Gasteiger partial charge in [-0.25, -0.2) is 0 Å². The molecule has 1 heterocycles. The molecule has 0 unspecified atom stereocenters. The molecule has 1 aromatic heterocycles. The van der Waals surface area contributed by atoms with E-state index in [4.69, 9.17) is 4.42 Å². The highest BCUT2D eigenvalue weighted by Crippen LogP contribution is 2.45. The van der Waals surface area contributed by atoms with Crippen molar-refractivity contribution in [3.05, 3.63) is 237 Å². The molecule has 0 saturated heterocycles. The van der Waals surface area contributed by atoms with Gasteiger partial charge < -0.3 is 9.32 Å². The van der Waals surface area contributed by atoms with Crippen LogP contribution in [0.5, 0.6) is 0 Å². The molecule has 0 saturated carbocycles. The Morgan fingerprint density at radius 2 is 0.833 bits per heavy atom. The second-order valence-corrected chi connectivity index (χ2v) is 15.3. The molecule has 11 rings (SSSR count). The van der Waals surface area contributed by atoms with Crippen LogP contribution in [0.15, 0.2) is 241 Å². The van der Waals surface area contributed by atoms with Crippen LogP contribution in [0.25, 0.3) is 88.3 Å². The number of furan rings is 1. The summed E-state index contributed by atoms with van der Waals surface area (Å²) in [6.07, 6.45) is 0. The highest BCUT2D eigenvalue weighted by Gasteiger charge is 2.21. The monoisotopic (exact) mass is 765 g/mol. The second kappa shape index (κ2) is 15.1. The van der Waals surface area contributed by atoms with Gasteiger partial charge in [0.05, 0.1) is 5.69 Å². The first-order valence-electron chi connectivity index (χ1n) is 20.5. The van der Waals surface area contributed by atoms with Gasteiger partial charge in [-0.15, -0.1) is 0 Å². The number of fused-ring (bicyclic) bond motifs is 4. The van der Waals surface area contributed by atoms with Crippen molar-refractivity contribution in [1.29, 1.82) is 0 Å². The SMILES string of the molecule is c1ccc(-c2cc(-c3ccccc3)cc(-c3cccc4oc5ccc(N(c6ccc(-c7ccc8ccccc8c7)cc6)c6ccccc6-c6ccccc6)cc5c34)c2)cc1. The Bertz CT molecular complexity index is 3240. The van der Waals surface area contributed by atoms with Crippen LogP contribution in [-0.2, 0) is 0 Å². The molecule has 2 heteroatoms. The molecule has 2 nitrogen and oxygen atoms in total. The zero-order valence-corrected chi connectivity index (χ0v) is 32.9. The number of anilines is 3. The Morgan fingerprint density at radius 3 is 1.55 bits per heavy atom. The van der Waals surface area contributed by atoms with Gasteiger partial charge in [-0.05, 0) is 128 Å². The Kier molecular flexibility index (Phi) is 8.87. The average Bonchev–Trinajstić information content (AvgIpc) is 3.71. The van der Waals surface area contributed by atoms with Gasteiger partial charge in [0.15, 0.2) is 0 Å². The van der Waals surface area contributed by atoms with Crippen molar-refractivity contribution in [3.8, 4) is 55.6 Å². The van der Waals surface area contributed by atoms with Crippen molar-refractivity contribution in [2.24, 2.45) is 0 Å². The van der Waals surface area contributed by atoms with E-state index in [1.807, 2.05) is 0 Å². The molecule has 0 bridgehead atoms. The number of para-hydroxylation sites is 1. The first-order chi connectivity index (χ1) is 29.7. The summed E-state index contributed by atoms with van der Waals surface area (Å²) in [5.41, 5.74) is 16.6. The Hall–Kier alpha value is -7.94. The predicted octanol–water partition coefficient (Wildman–Crippen LogP) is 16.5. The van der Waals surface area contributed by atoms with E-state index in [0.29, 0.717) is 0 Å². The maximum absolute atomic E-state index is 6.66. The summed E-state index contributed by atoms with van der Waals surface area (Å²) in [7, 11) is 0. The quantitative estimate of drug-likeness (QED) is 0.153. The minimum Gasteiger partial charge on any atom is -0.456 e. The van der Waals surface area contributed by atoms with Crippen LogP contribution in [0.1, 0.15) is 0 Å². The van der Waals surface area contributed by atoms with E-state index in [2.05, 4.69) is 241 Å². The van der Waals surface area contributed by atoms with Crippen molar-refractivity contribution < 1.29 is 4.42 Å². The Morgan fingerprint density at radius 1 is 0.283 bits per heavy atom. The van der Waals surface area contributed by atoms with Gasteiger partial charge in [-0.1, -0.05) is 170 Å². The lowest BCUT2D eigenvalue weighted by molar-refractivity contribution is 0.669. The third-order valence-electron chi connectivity index (χ3n) is 11.6. The van der Waals surface area contributed by atoms with E-state index < -0.39 is 0 Å². The lowest BCUT2D eigenvalue weighted by atomic mass is 9.91. The van der Waals surface area contributed by atoms with Crippen LogP contribution in [0.4, 0.5) is 17.1 Å². The van der Waals surface area contributed by atoms with Crippen molar-refractivity contribution in [2.75, 3.05) is 4.90 Å². The third-order valence-corrected chi connectivity index (χ3v) is 11.6. The minimum atomic E-state index is 0.853. The molecular weight excluding hydrogens is 727 g/mol. The van der Waals surface area contributed by atoms with Gasteiger partial charge in [0.25, 0.3) is 0 Å². The van der Waals surface area contributed by atoms with Crippen LogP contribution >= 0.6 is 0 Å². The summed E-state index contributed by atoms with van der Waals surface area (Å²) in [5.74, 6) is 0. The van der Waals surface area contributed by atoms with E-state index in [1.54, 1.807) is 0 Å². The van der Waals surface area contributed by atoms with Crippen LogP contribution < -0.4 is 4.90 Å². The molecule has 282 valence electrons. The van der Waals surface area contributed by atoms with E-state index >= 15 is 0 Å². The first kappa shape index (κ1) is 35.2. The van der Waals surface area contributed by atoms with Gasteiger partial charge in [-0.3, -0.25) is 0 Å². The molecule has 0 spiro atoms. The van der Waals surface area contributed by atoms with Gasteiger partial charge >= 0.3 is 0 Å². The molecule has 0 fully saturated rings. The fourth-order valence-corrected chi connectivity index (χ4v) is 8.70. The lowest BCUT2D eigenvalue weighted by Gasteiger charge is -2.28. The van der Waals surface area contributed by atoms with Crippen molar-refractivity contribution in [3.63, 3.8) is 0 Å². The smallest absolute Gasteiger partial charge is 0.136 e. The zero-order chi connectivity index (χ0) is 39.8. The summed E-state index contributed by atoms with van der Waals surface area (Å²) in [6.45, 7) is 0. The summed E-state index contributed by atoms with van der Waals surface area (Å²) >= 11 is 0. The van der Waals surface area contributed by atoms with Crippen molar-refractivity contribution in [1.82, 2.24) is 0 Å². The van der Waals surface area contributed by atoms with Crippen molar-refractivity contribution in [2.45, 2.75) is 0 Å². The summed E-state index contributed by atoms with van der Waals surface area (Å²) in [5, 5.41) is 4.65. The maximum Gasteiger partial charge on any atom is 0.136 e. The van der Waals surface area contributed by atoms with Crippen LogP contribution in [0.3, 0.4) is 0 Å². The topological polar surface area (TPSA) is 16.4 Å². The van der Waals surface area contributed by atoms with Crippen LogP contribution in [-0.4, -0.2) is 0 Å². The molecule has 0 amide bonds. The Balaban J connectivity index is 1.09. The predicted molar refractivity (Wildman–Crippen MR) is 253 cm³/mol. The van der Waals surface area contributed by atoms with Crippen LogP contribution in [0, 0.1) is 0 Å². The second-order valence-electron chi connectivity index (χ2n) is 15.3. The van der Waals surface area contributed by atoms with Crippen LogP contribution in [0.2, 0.25) is 0 Å². The first-order valence-corrected chi connectivity index (χ1v) is 20.5. The molecule has 0 aliphatic heterocycles. The largest absolute Gasteiger partial charge is 0.456 e. The van der Waals surface area contributed by atoms with Crippen molar-refractivity contribution >= 4 is 49.8 Å². The number of hydrogen-bond donors (Lipinski definition) is 0. The highest BCUT2D eigenvalue weighted by atomic mass is 16.3. The average molecular weight is 766 g/mol. The molecule has 11 aromatic rings. The summed E-state index contributed by atoms with van der Waals surface area (Å²) in [6, 6.07) is 84.9. The van der Waals surface area contributed by atoms with Gasteiger partial charge in [0, 0.05) is 27.7 Å². The fourth-order valence-electron chi connectivity index (χ4n) is 8.70. The standard InChI is InChI=1S/C58H39NO/c1-4-15-40(16-5-1)47-36-48(41-17-6-2-7-18-41)38-49(37-47)53-24-14-26-57-58(53)54-39-51(33-34-56(54)60-57)59(55-25-13-12-23-52(55)44-20-8-3-9-21-44)50-31-29-43(30-32-50)46-28-27-42-19-10-11-22-45(42)35-46/h1-39H. The number of nitrogens with zero attached hydrogens (tertiary/aromatic N) is 1. The molecule has 0 radical (unpaired) electrons. The molecule has 0 N–H and O–H groups in total. The molecule has 0 aliphatic carbocycles. The van der Waals surface area contributed by atoms with Gasteiger partial charge in [0.1, 0.15) is 11.2 Å². The molecule has 0 aliphatic rings. The molecular formula is C58H39NO. The molecule has 0 atom stereocenters. The van der Waals surface area contributed by atoms with Gasteiger partial charge in [-0.2, -0.15) is 0 Å². The normalized spacial score (nSPS) is 11.3. The fraction of sp³-hybridized carbons (Fsp3) is 0. The van der Waals surface area contributed by atoms with Gasteiger partial charge in [0.2, 0.25) is 0 Å². The summed E-state index contributed by atoms with van der Waals surface area (Å²) < 4.78 is 6.66. The zero-order valence-electron chi connectivity index (χ0n) is 32.9. The molecule has 60 heavy (non-hydrogen) atoms.